The number of hydrogen-bond acceptors (Lipinski definition) is 3. The molecule has 0 bridgehead atoms. The second kappa shape index (κ2) is 7.28. The van der Waals surface area contributed by atoms with E-state index in [-0.39, 0.29) is 5.60 Å². The molecule has 1 aromatic rings. The summed E-state index contributed by atoms with van der Waals surface area (Å²) in [6, 6.07) is 9.35. The summed E-state index contributed by atoms with van der Waals surface area (Å²) in [5, 5.41) is 3.63. The van der Waals surface area contributed by atoms with E-state index < -0.39 is 0 Å². The van der Waals surface area contributed by atoms with Gasteiger partial charge in [-0.05, 0) is 51.3 Å². The van der Waals surface area contributed by atoms with Gasteiger partial charge in [0.2, 0.25) is 0 Å². The number of fused-ring (bicyclic) bond motifs is 1. The SMILES string of the molecule is CCNC1CCCN(CCC(C)(C)OC)c2ccccc21. The van der Waals surface area contributed by atoms with E-state index in [0.29, 0.717) is 6.04 Å². The van der Waals surface area contributed by atoms with Gasteiger partial charge in [0.05, 0.1) is 5.60 Å². The maximum atomic E-state index is 5.57. The first-order valence-electron chi connectivity index (χ1n) is 8.20. The molecule has 0 aromatic heterocycles. The normalized spacial score (nSPS) is 19.2. The molecule has 0 saturated carbocycles. The lowest BCUT2D eigenvalue weighted by atomic mass is 10.0. The minimum absolute atomic E-state index is 0.0533. The number of para-hydroxylation sites is 1. The van der Waals surface area contributed by atoms with Gasteiger partial charge in [0.1, 0.15) is 0 Å². The van der Waals surface area contributed by atoms with Crippen LogP contribution in [0.1, 0.15) is 51.6 Å². The molecule has 0 saturated heterocycles. The fraction of sp³-hybridized carbons (Fsp3) is 0.667. The van der Waals surface area contributed by atoms with Gasteiger partial charge in [-0.2, -0.15) is 0 Å². The zero-order valence-corrected chi connectivity index (χ0v) is 14.0. The van der Waals surface area contributed by atoms with Crippen molar-refractivity contribution < 1.29 is 4.74 Å². The number of anilines is 1. The van der Waals surface area contributed by atoms with Crippen LogP contribution in [0.3, 0.4) is 0 Å². The first kappa shape index (κ1) is 16.3. The number of nitrogens with zero attached hydrogens (tertiary/aromatic N) is 1. The molecule has 0 radical (unpaired) electrons. The van der Waals surface area contributed by atoms with Crippen molar-refractivity contribution in [2.24, 2.45) is 0 Å². The third-order valence-electron chi connectivity index (χ3n) is 4.56. The van der Waals surface area contributed by atoms with Crippen molar-refractivity contribution in [3.63, 3.8) is 0 Å². The highest BCUT2D eigenvalue weighted by atomic mass is 16.5. The van der Waals surface area contributed by atoms with Gasteiger partial charge in [-0.25, -0.2) is 0 Å². The lowest BCUT2D eigenvalue weighted by Gasteiger charge is -2.30. The molecule has 3 heteroatoms. The van der Waals surface area contributed by atoms with E-state index in [2.05, 4.69) is 55.3 Å². The average Bonchev–Trinajstić information content (AvgIpc) is 2.66. The van der Waals surface area contributed by atoms with Crippen LogP contribution in [0.2, 0.25) is 0 Å². The Balaban J connectivity index is 2.17. The van der Waals surface area contributed by atoms with Crippen molar-refractivity contribution in [2.45, 2.75) is 51.7 Å². The molecule has 21 heavy (non-hydrogen) atoms. The van der Waals surface area contributed by atoms with Gasteiger partial charge in [-0.15, -0.1) is 0 Å². The van der Waals surface area contributed by atoms with Crippen LogP contribution < -0.4 is 10.2 Å². The minimum Gasteiger partial charge on any atom is -0.379 e. The topological polar surface area (TPSA) is 24.5 Å². The molecule has 1 heterocycles. The van der Waals surface area contributed by atoms with E-state index in [1.54, 1.807) is 7.11 Å². The Labute approximate surface area is 129 Å². The lowest BCUT2D eigenvalue weighted by Crippen LogP contribution is -2.33. The first-order valence-corrected chi connectivity index (χ1v) is 8.20. The van der Waals surface area contributed by atoms with Gasteiger partial charge in [0.25, 0.3) is 0 Å². The number of ether oxygens (including phenoxy) is 1. The second-order valence-corrected chi connectivity index (χ2v) is 6.51. The molecular formula is C18H30N2O. The van der Waals surface area contributed by atoms with E-state index >= 15 is 0 Å². The molecule has 0 aliphatic carbocycles. The number of nitrogens with one attached hydrogen (secondary N) is 1. The van der Waals surface area contributed by atoms with E-state index in [0.717, 1.165) is 26.1 Å². The van der Waals surface area contributed by atoms with Crippen LogP contribution in [0.25, 0.3) is 0 Å². The Kier molecular flexibility index (Phi) is 5.65. The Morgan fingerprint density at radius 2 is 2.10 bits per heavy atom. The molecule has 0 spiro atoms. The Bertz CT molecular complexity index is 445. The molecule has 2 rings (SSSR count). The number of hydrogen-bond donors (Lipinski definition) is 1. The van der Waals surface area contributed by atoms with Crippen LogP contribution in [0.15, 0.2) is 24.3 Å². The zero-order chi connectivity index (χ0) is 15.3. The molecule has 3 nitrogen and oxygen atoms in total. The summed E-state index contributed by atoms with van der Waals surface area (Å²) >= 11 is 0. The largest absolute Gasteiger partial charge is 0.379 e. The molecule has 1 aromatic carbocycles. The molecule has 1 N–H and O–H groups in total. The van der Waals surface area contributed by atoms with E-state index in [4.69, 9.17) is 4.74 Å². The lowest BCUT2D eigenvalue weighted by molar-refractivity contribution is 0.0172. The van der Waals surface area contributed by atoms with Gasteiger partial charge in [-0.3, -0.25) is 0 Å². The standard InChI is InChI=1S/C18H30N2O/c1-5-19-16-10-8-13-20(14-12-18(2,3)21-4)17-11-7-6-9-15(16)17/h6-7,9,11,16,19H,5,8,10,12-14H2,1-4H3. The van der Waals surface area contributed by atoms with Crippen molar-refractivity contribution in [2.75, 3.05) is 31.6 Å². The van der Waals surface area contributed by atoms with Gasteiger partial charge < -0.3 is 15.0 Å². The van der Waals surface area contributed by atoms with Crippen LogP contribution in [0.5, 0.6) is 0 Å². The fourth-order valence-corrected chi connectivity index (χ4v) is 3.03. The highest BCUT2D eigenvalue weighted by molar-refractivity contribution is 5.55. The third-order valence-corrected chi connectivity index (χ3v) is 4.56. The quantitative estimate of drug-likeness (QED) is 0.863. The van der Waals surface area contributed by atoms with Crippen molar-refractivity contribution in [1.82, 2.24) is 5.32 Å². The second-order valence-electron chi connectivity index (χ2n) is 6.51. The molecule has 0 amide bonds. The van der Waals surface area contributed by atoms with Crippen molar-refractivity contribution in [1.29, 1.82) is 0 Å². The maximum absolute atomic E-state index is 5.57. The summed E-state index contributed by atoms with van der Waals surface area (Å²) < 4.78 is 5.57. The van der Waals surface area contributed by atoms with Crippen LogP contribution in [-0.4, -0.2) is 32.3 Å². The van der Waals surface area contributed by atoms with Gasteiger partial charge in [-0.1, -0.05) is 25.1 Å². The minimum atomic E-state index is -0.0533. The molecular weight excluding hydrogens is 260 g/mol. The predicted molar refractivity (Wildman–Crippen MR) is 90.0 cm³/mol. The zero-order valence-electron chi connectivity index (χ0n) is 14.0. The molecule has 1 unspecified atom stereocenters. The predicted octanol–water partition coefficient (Wildman–Crippen LogP) is 3.75. The summed E-state index contributed by atoms with van der Waals surface area (Å²) in [5.41, 5.74) is 2.79. The summed E-state index contributed by atoms with van der Waals surface area (Å²) in [7, 11) is 1.80. The summed E-state index contributed by atoms with van der Waals surface area (Å²) in [4.78, 5) is 2.54. The molecule has 118 valence electrons. The third kappa shape index (κ3) is 4.21. The number of benzene rings is 1. The first-order chi connectivity index (χ1) is 10.1. The molecule has 1 aliphatic heterocycles. The fourth-order valence-electron chi connectivity index (χ4n) is 3.03. The van der Waals surface area contributed by atoms with Gasteiger partial charge >= 0.3 is 0 Å². The summed E-state index contributed by atoms with van der Waals surface area (Å²) in [6.07, 6.45) is 3.50. The van der Waals surface area contributed by atoms with E-state index in [1.165, 1.54) is 24.1 Å². The van der Waals surface area contributed by atoms with Crippen LogP contribution in [0, 0.1) is 0 Å². The van der Waals surface area contributed by atoms with Crippen molar-refractivity contribution in [3.8, 4) is 0 Å². The summed E-state index contributed by atoms with van der Waals surface area (Å²) in [5.74, 6) is 0. The molecule has 1 atom stereocenters. The smallest absolute Gasteiger partial charge is 0.0639 e. The number of rotatable bonds is 6. The van der Waals surface area contributed by atoms with Crippen LogP contribution in [0.4, 0.5) is 5.69 Å². The van der Waals surface area contributed by atoms with E-state index in [9.17, 15) is 0 Å². The highest BCUT2D eigenvalue weighted by Crippen LogP contribution is 2.33. The van der Waals surface area contributed by atoms with Crippen LogP contribution in [-0.2, 0) is 4.74 Å². The van der Waals surface area contributed by atoms with Crippen molar-refractivity contribution >= 4 is 5.69 Å². The average molecular weight is 290 g/mol. The Morgan fingerprint density at radius 1 is 1.33 bits per heavy atom. The monoisotopic (exact) mass is 290 g/mol. The number of methoxy groups -OCH3 is 1. The molecule has 1 aliphatic rings. The van der Waals surface area contributed by atoms with Crippen molar-refractivity contribution in [3.05, 3.63) is 29.8 Å². The molecule has 0 fully saturated rings. The maximum Gasteiger partial charge on any atom is 0.0639 e. The van der Waals surface area contributed by atoms with Gasteiger partial charge in [0.15, 0.2) is 0 Å². The van der Waals surface area contributed by atoms with Crippen LogP contribution >= 0.6 is 0 Å². The Morgan fingerprint density at radius 3 is 2.81 bits per heavy atom. The Hall–Kier alpha value is -1.06. The highest BCUT2D eigenvalue weighted by Gasteiger charge is 2.24. The van der Waals surface area contributed by atoms with Gasteiger partial charge in [0, 0.05) is 31.9 Å². The summed E-state index contributed by atoms with van der Waals surface area (Å²) in [6.45, 7) is 9.73. The van der Waals surface area contributed by atoms with E-state index in [1.807, 2.05) is 0 Å².